The lowest BCUT2D eigenvalue weighted by atomic mass is 9.88. The second-order valence-corrected chi connectivity index (χ2v) is 7.82. The smallest absolute Gasteiger partial charge is 0.244 e. The molecule has 1 aromatic heterocycles. The molecule has 1 aromatic rings. The highest BCUT2D eigenvalue weighted by Crippen LogP contribution is 2.15. The van der Waals surface area contributed by atoms with Gasteiger partial charge in [0.1, 0.15) is 4.90 Å². The van der Waals surface area contributed by atoms with Crippen LogP contribution in [0.3, 0.4) is 0 Å². The fraction of sp³-hybridized carbons (Fsp3) is 0.571. The van der Waals surface area contributed by atoms with Gasteiger partial charge in [-0.2, -0.15) is 4.31 Å². The number of nitrogens with zero attached hydrogens (tertiary/aromatic N) is 2. The summed E-state index contributed by atoms with van der Waals surface area (Å²) in [6, 6.07) is 2.97. The van der Waals surface area contributed by atoms with Crippen LogP contribution >= 0.6 is 24.8 Å². The van der Waals surface area contributed by atoms with Crippen molar-refractivity contribution in [1.82, 2.24) is 14.6 Å². The Morgan fingerprint density at radius 1 is 1.42 bits per heavy atom. The van der Waals surface area contributed by atoms with Crippen molar-refractivity contribution in [2.24, 2.45) is 11.7 Å². The van der Waals surface area contributed by atoms with E-state index in [2.05, 4.69) is 10.3 Å². The van der Waals surface area contributed by atoms with E-state index >= 15 is 0 Å². The number of hydrogen-bond donors (Lipinski definition) is 2. The first kappa shape index (κ1) is 25.3. The van der Waals surface area contributed by atoms with Crippen molar-refractivity contribution < 1.29 is 13.2 Å². The summed E-state index contributed by atoms with van der Waals surface area (Å²) < 4.78 is 25.6. The van der Waals surface area contributed by atoms with Crippen LogP contribution in [0.15, 0.2) is 29.4 Å². The number of likely N-dealkylation sites (N-methyl/N-ethyl adjacent to an activating group) is 1. The zero-order valence-electron chi connectivity index (χ0n) is 14.2. The molecule has 3 N–H and O–H groups in total. The summed E-state index contributed by atoms with van der Waals surface area (Å²) in [7, 11) is -2.38. The van der Waals surface area contributed by atoms with Crippen molar-refractivity contribution in [3.8, 4) is 0 Å². The van der Waals surface area contributed by atoms with E-state index in [1.54, 1.807) is 0 Å². The summed E-state index contributed by atoms with van der Waals surface area (Å²) in [5, 5.41) is 2.81. The van der Waals surface area contributed by atoms with Crippen LogP contribution in [0.1, 0.15) is 20.8 Å². The van der Waals surface area contributed by atoms with E-state index in [4.69, 9.17) is 5.73 Å². The molecule has 1 unspecified atom stereocenters. The maximum absolute atomic E-state index is 12.3. The van der Waals surface area contributed by atoms with Crippen LogP contribution < -0.4 is 11.1 Å². The quantitative estimate of drug-likeness (QED) is 0.710. The van der Waals surface area contributed by atoms with Crippen LogP contribution in [0.5, 0.6) is 0 Å². The van der Waals surface area contributed by atoms with E-state index in [9.17, 15) is 13.2 Å². The van der Waals surface area contributed by atoms with E-state index in [1.165, 1.54) is 31.6 Å². The van der Waals surface area contributed by atoms with E-state index in [0.717, 1.165) is 4.31 Å². The van der Waals surface area contributed by atoms with E-state index in [-0.39, 0.29) is 48.7 Å². The van der Waals surface area contributed by atoms with E-state index in [1.807, 2.05) is 20.8 Å². The monoisotopic (exact) mass is 400 g/mol. The van der Waals surface area contributed by atoms with Gasteiger partial charge in [0.15, 0.2) is 0 Å². The number of aromatic nitrogens is 1. The molecule has 1 atom stereocenters. The first-order chi connectivity index (χ1) is 10.1. The summed E-state index contributed by atoms with van der Waals surface area (Å²) in [4.78, 5) is 16.0. The molecule has 24 heavy (non-hydrogen) atoms. The third kappa shape index (κ3) is 6.18. The van der Waals surface area contributed by atoms with Gasteiger partial charge in [-0.3, -0.25) is 9.78 Å². The molecule has 0 aliphatic rings. The molecule has 0 spiro atoms. The van der Waals surface area contributed by atoms with Gasteiger partial charge >= 0.3 is 0 Å². The fourth-order valence-corrected chi connectivity index (χ4v) is 2.85. The molecule has 0 radical (unpaired) electrons. The van der Waals surface area contributed by atoms with Gasteiger partial charge in [0.05, 0.1) is 12.1 Å². The molecule has 10 heteroatoms. The Morgan fingerprint density at radius 2 is 2.00 bits per heavy atom. The van der Waals surface area contributed by atoms with Gasteiger partial charge in [0.2, 0.25) is 15.9 Å². The van der Waals surface area contributed by atoms with Gasteiger partial charge in [-0.05, 0) is 25.0 Å². The minimum Gasteiger partial charge on any atom is -0.348 e. The van der Waals surface area contributed by atoms with Crippen LogP contribution in [-0.2, 0) is 14.8 Å². The van der Waals surface area contributed by atoms with E-state index < -0.39 is 21.5 Å². The molecular formula is C14H26Cl2N4O3S. The zero-order valence-corrected chi connectivity index (χ0v) is 16.7. The molecule has 0 bridgehead atoms. The predicted molar refractivity (Wildman–Crippen MR) is 99.0 cm³/mol. The zero-order chi connectivity index (χ0) is 17.0. The molecule has 7 nitrogen and oxygen atoms in total. The lowest BCUT2D eigenvalue weighted by Crippen LogP contribution is -2.56. The van der Waals surface area contributed by atoms with Gasteiger partial charge in [0.25, 0.3) is 0 Å². The standard InChI is InChI=1S/C14H24N4O3S.2ClH/c1-11(2)14(3,10-15)17-13(19)9-18(4)22(20,21)12-6-5-7-16-8-12;;/h5-8,11H,9-10,15H2,1-4H3,(H,17,19);2*1H. The molecule has 0 aromatic carbocycles. The average molecular weight is 401 g/mol. The van der Waals surface area contributed by atoms with Crippen molar-refractivity contribution in [2.75, 3.05) is 20.1 Å². The topological polar surface area (TPSA) is 105 Å². The Bertz CT molecular complexity index is 614. The van der Waals surface area contributed by atoms with E-state index in [0.29, 0.717) is 0 Å². The summed E-state index contributed by atoms with van der Waals surface area (Å²) in [5.41, 5.74) is 5.14. The molecule has 0 aliphatic heterocycles. The normalized spacial score (nSPS) is 13.6. The highest BCUT2D eigenvalue weighted by atomic mass is 35.5. The number of nitrogens with one attached hydrogen (secondary N) is 1. The number of carbonyl (C=O) groups excluding carboxylic acids is 1. The first-order valence-electron chi connectivity index (χ1n) is 7.01. The second kappa shape index (κ2) is 10.1. The lowest BCUT2D eigenvalue weighted by molar-refractivity contribution is -0.123. The number of hydrogen-bond acceptors (Lipinski definition) is 5. The fourth-order valence-electron chi connectivity index (χ4n) is 1.76. The highest BCUT2D eigenvalue weighted by Gasteiger charge is 2.30. The van der Waals surface area contributed by atoms with Crippen molar-refractivity contribution in [3.05, 3.63) is 24.5 Å². The Balaban J connectivity index is 0. The second-order valence-electron chi connectivity index (χ2n) is 5.77. The number of nitrogens with two attached hydrogens (primary N) is 1. The number of sulfonamides is 1. The maximum Gasteiger partial charge on any atom is 0.244 e. The lowest BCUT2D eigenvalue weighted by Gasteiger charge is -2.34. The van der Waals surface area contributed by atoms with Crippen LogP contribution in [-0.4, -0.2) is 49.3 Å². The number of halogens is 2. The molecule has 140 valence electrons. The number of pyridine rings is 1. The Labute approximate surface area is 156 Å². The summed E-state index contributed by atoms with van der Waals surface area (Å²) >= 11 is 0. The van der Waals surface area contributed by atoms with Crippen LogP contribution in [0.2, 0.25) is 0 Å². The summed E-state index contributed by atoms with van der Waals surface area (Å²) in [5.74, 6) is -0.265. The predicted octanol–water partition coefficient (Wildman–Crippen LogP) is 1.04. The Morgan fingerprint density at radius 3 is 2.42 bits per heavy atom. The first-order valence-corrected chi connectivity index (χ1v) is 8.45. The van der Waals surface area contributed by atoms with Crippen LogP contribution in [0.25, 0.3) is 0 Å². The number of amides is 1. The van der Waals surface area contributed by atoms with Crippen molar-refractivity contribution in [3.63, 3.8) is 0 Å². The van der Waals surface area contributed by atoms with Crippen molar-refractivity contribution >= 4 is 40.7 Å². The van der Waals surface area contributed by atoms with Gasteiger partial charge in [0, 0.05) is 26.0 Å². The maximum atomic E-state index is 12.3. The Hall–Kier alpha value is -0.930. The number of carbonyl (C=O) groups is 1. The molecule has 0 aliphatic carbocycles. The largest absolute Gasteiger partial charge is 0.348 e. The SMILES string of the molecule is CC(C)C(C)(CN)NC(=O)CN(C)S(=O)(=O)c1cccnc1.Cl.Cl. The molecule has 0 saturated carbocycles. The third-order valence-corrected chi connectivity index (χ3v) is 5.62. The molecular weight excluding hydrogens is 375 g/mol. The molecule has 0 saturated heterocycles. The van der Waals surface area contributed by atoms with Crippen LogP contribution in [0.4, 0.5) is 0 Å². The van der Waals surface area contributed by atoms with Crippen LogP contribution in [0, 0.1) is 5.92 Å². The minimum absolute atomic E-state index is 0. The minimum atomic E-state index is -3.74. The average Bonchev–Trinajstić information content (AvgIpc) is 2.47. The molecule has 0 fully saturated rings. The summed E-state index contributed by atoms with van der Waals surface area (Å²) in [6.45, 7) is 5.73. The van der Waals surface area contributed by atoms with Gasteiger partial charge in [-0.15, -0.1) is 24.8 Å². The van der Waals surface area contributed by atoms with Gasteiger partial charge in [-0.1, -0.05) is 13.8 Å². The summed E-state index contributed by atoms with van der Waals surface area (Å²) in [6.07, 6.45) is 2.74. The van der Waals surface area contributed by atoms with Crippen molar-refractivity contribution in [2.45, 2.75) is 31.2 Å². The molecule has 1 amide bonds. The Kier molecular flexibility index (Phi) is 10.7. The van der Waals surface area contributed by atoms with Gasteiger partial charge < -0.3 is 11.1 Å². The third-order valence-electron chi connectivity index (χ3n) is 3.83. The highest BCUT2D eigenvalue weighted by molar-refractivity contribution is 7.89. The number of rotatable bonds is 7. The molecule has 1 rings (SSSR count). The van der Waals surface area contributed by atoms with Crippen molar-refractivity contribution in [1.29, 1.82) is 0 Å². The molecule has 1 heterocycles. The van der Waals surface area contributed by atoms with Gasteiger partial charge in [-0.25, -0.2) is 8.42 Å².